The van der Waals surface area contributed by atoms with Gasteiger partial charge >= 0.3 is 0 Å². The average Bonchev–Trinajstić information content (AvgIpc) is 2.85. The van der Waals surface area contributed by atoms with Crippen LogP contribution >= 0.6 is 69.0 Å². The average molecular weight is 639 g/mol. The topological polar surface area (TPSA) is 32.8 Å². The maximum atomic E-state index is 12.6. The van der Waals surface area contributed by atoms with Gasteiger partial charge in [0.05, 0.1) is 7.14 Å². The van der Waals surface area contributed by atoms with Gasteiger partial charge in [0.25, 0.3) is 5.91 Å². The Labute approximate surface area is 202 Å². The highest BCUT2D eigenvalue weighted by molar-refractivity contribution is 14.1. The van der Waals surface area contributed by atoms with Gasteiger partial charge in [0.15, 0.2) is 5.11 Å². The van der Waals surface area contributed by atoms with Crippen LogP contribution in [-0.2, 0) is 11.4 Å². The molecule has 2 aromatic carbocycles. The molecular formula is C20H17ClI2N2O2S. The van der Waals surface area contributed by atoms with Crippen molar-refractivity contribution >= 4 is 86.1 Å². The summed E-state index contributed by atoms with van der Waals surface area (Å²) < 4.78 is 7.99. The summed E-state index contributed by atoms with van der Waals surface area (Å²) in [4.78, 5) is 15.9. The zero-order valence-electron chi connectivity index (χ0n) is 15.2. The molecule has 0 N–H and O–H groups in total. The minimum absolute atomic E-state index is 0.0666. The fraction of sp³-hybridized carbons (Fsp3) is 0.200. The lowest BCUT2D eigenvalue weighted by atomic mass is 10.1. The van der Waals surface area contributed by atoms with E-state index in [0.29, 0.717) is 29.0 Å². The van der Waals surface area contributed by atoms with Gasteiger partial charge in [0, 0.05) is 18.6 Å². The summed E-state index contributed by atoms with van der Waals surface area (Å²) in [5.41, 5.74) is 2.56. The number of rotatable bonds is 5. The van der Waals surface area contributed by atoms with E-state index in [1.54, 1.807) is 9.80 Å². The Hall–Kier alpha value is -0.910. The smallest absolute Gasteiger partial charge is 0.276 e. The third-order valence-electron chi connectivity index (χ3n) is 4.28. The number of benzene rings is 2. The highest BCUT2D eigenvalue weighted by Crippen LogP contribution is 2.31. The van der Waals surface area contributed by atoms with Crippen LogP contribution in [0.2, 0.25) is 5.02 Å². The lowest BCUT2D eigenvalue weighted by molar-refractivity contribution is -0.122. The van der Waals surface area contributed by atoms with Gasteiger partial charge in [0.1, 0.15) is 18.1 Å². The number of hydrogen-bond acceptors (Lipinski definition) is 3. The largest absolute Gasteiger partial charge is 0.487 e. The van der Waals surface area contributed by atoms with Crippen molar-refractivity contribution in [1.82, 2.24) is 9.80 Å². The van der Waals surface area contributed by atoms with Crippen LogP contribution in [0.3, 0.4) is 0 Å². The van der Waals surface area contributed by atoms with E-state index < -0.39 is 0 Å². The summed E-state index contributed by atoms with van der Waals surface area (Å²) in [6.07, 6.45) is 1.87. The van der Waals surface area contributed by atoms with Crippen molar-refractivity contribution in [2.75, 3.05) is 13.6 Å². The molecule has 1 aliphatic heterocycles. The van der Waals surface area contributed by atoms with E-state index in [1.807, 2.05) is 56.4 Å². The van der Waals surface area contributed by atoms with Gasteiger partial charge in [-0.3, -0.25) is 9.69 Å². The SMILES string of the molecule is CCN1C(=O)/C(=C/c2cc(I)c(OCc3ccc(Cl)cc3)c(I)c2)N(C)C1=S. The number of hydrogen-bond donors (Lipinski definition) is 0. The van der Waals surface area contributed by atoms with Gasteiger partial charge < -0.3 is 9.64 Å². The molecule has 3 rings (SSSR count). The molecule has 0 atom stereocenters. The first-order valence-corrected chi connectivity index (χ1v) is 11.4. The number of carbonyl (C=O) groups is 1. The minimum atomic E-state index is -0.0666. The number of carbonyl (C=O) groups excluding carboxylic acids is 1. The molecule has 0 unspecified atom stereocenters. The second-order valence-corrected chi connectivity index (χ2v) is 9.28. The maximum Gasteiger partial charge on any atom is 0.276 e. The van der Waals surface area contributed by atoms with Crippen LogP contribution in [0.5, 0.6) is 5.75 Å². The summed E-state index contributed by atoms with van der Waals surface area (Å²) >= 11 is 15.8. The first-order chi connectivity index (χ1) is 13.3. The predicted molar refractivity (Wildman–Crippen MR) is 133 cm³/mol. The van der Waals surface area contributed by atoms with Crippen molar-refractivity contribution in [3.8, 4) is 5.75 Å². The van der Waals surface area contributed by atoms with E-state index in [4.69, 9.17) is 28.6 Å². The van der Waals surface area contributed by atoms with Gasteiger partial charge in [-0.25, -0.2) is 0 Å². The molecule has 8 heteroatoms. The van der Waals surface area contributed by atoms with Crippen LogP contribution in [0.25, 0.3) is 6.08 Å². The molecule has 1 heterocycles. The van der Waals surface area contributed by atoms with Gasteiger partial charge in [-0.15, -0.1) is 0 Å². The van der Waals surface area contributed by atoms with E-state index in [0.717, 1.165) is 24.0 Å². The van der Waals surface area contributed by atoms with Crippen molar-refractivity contribution in [3.05, 3.63) is 65.4 Å². The second-order valence-electron chi connectivity index (χ2n) is 6.15. The van der Waals surface area contributed by atoms with Crippen molar-refractivity contribution in [2.45, 2.75) is 13.5 Å². The van der Waals surface area contributed by atoms with E-state index in [2.05, 4.69) is 45.2 Å². The van der Waals surface area contributed by atoms with Crippen molar-refractivity contribution in [1.29, 1.82) is 0 Å². The first-order valence-electron chi connectivity index (χ1n) is 8.49. The molecule has 1 saturated heterocycles. The summed E-state index contributed by atoms with van der Waals surface area (Å²) in [5.74, 6) is 0.762. The van der Waals surface area contributed by atoms with Crippen molar-refractivity contribution < 1.29 is 9.53 Å². The third kappa shape index (κ3) is 4.63. The monoisotopic (exact) mass is 638 g/mol. The van der Waals surface area contributed by atoms with E-state index in [-0.39, 0.29) is 5.91 Å². The highest BCUT2D eigenvalue weighted by Gasteiger charge is 2.34. The molecule has 0 spiro atoms. The third-order valence-corrected chi connectivity index (χ3v) is 6.63. The molecule has 2 aromatic rings. The molecule has 0 radical (unpaired) electrons. The molecule has 4 nitrogen and oxygen atoms in total. The minimum Gasteiger partial charge on any atom is -0.487 e. The molecule has 146 valence electrons. The lowest BCUT2D eigenvalue weighted by Gasteiger charge is -2.14. The highest BCUT2D eigenvalue weighted by atomic mass is 127. The Morgan fingerprint density at radius 3 is 2.32 bits per heavy atom. The molecule has 0 aromatic heterocycles. The Kier molecular flexibility index (Phi) is 7.21. The van der Waals surface area contributed by atoms with Crippen LogP contribution in [0.4, 0.5) is 0 Å². The molecule has 0 bridgehead atoms. The zero-order chi connectivity index (χ0) is 20.4. The van der Waals surface area contributed by atoms with Crippen molar-refractivity contribution in [3.63, 3.8) is 0 Å². The lowest BCUT2D eigenvalue weighted by Crippen LogP contribution is -2.30. The second kappa shape index (κ2) is 9.27. The summed E-state index contributed by atoms with van der Waals surface area (Å²) in [5, 5.41) is 1.24. The van der Waals surface area contributed by atoms with Gasteiger partial charge in [-0.1, -0.05) is 23.7 Å². The molecule has 1 aliphatic rings. The van der Waals surface area contributed by atoms with E-state index in [9.17, 15) is 4.79 Å². The summed E-state index contributed by atoms with van der Waals surface area (Å²) in [7, 11) is 1.82. The first kappa shape index (κ1) is 21.8. The van der Waals surface area contributed by atoms with Crippen LogP contribution in [0.1, 0.15) is 18.1 Å². The standard InChI is InChI=1S/C20H17ClI2N2O2S/c1-3-25-19(26)17(24(2)20(25)28)10-13-8-15(22)18(16(23)9-13)27-11-12-4-6-14(21)7-5-12/h4-10H,3,11H2,1-2H3/b17-10-. The number of likely N-dealkylation sites (N-methyl/N-ethyl adjacent to an activating group) is 2. The molecule has 1 fully saturated rings. The normalized spacial score (nSPS) is 15.7. The Balaban J connectivity index is 1.83. The van der Waals surface area contributed by atoms with E-state index >= 15 is 0 Å². The van der Waals surface area contributed by atoms with E-state index in [1.165, 1.54) is 0 Å². The fourth-order valence-electron chi connectivity index (χ4n) is 2.78. The summed E-state index contributed by atoms with van der Waals surface area (Å²) in [6, 6.07) is 11.6. The maximum absolute atomic E-state index is 12.6. The predicted octanol–water partition coefficient (Wildman–Crippen LogP) is 5.55. The number of amides is 1. The molecular weight excluding hydrogens is 622 g/mol. The number of ether oxygens (including phenoxy) is 1. The fourth-order valence-corrected chi connectivity index (χ4v) is 5.35. The quantitative estimate of drug-likeness (QED) is 0.245. The van der Waals surface area contributed by atoms with Gasteiger partial charge in [-0.2, -0.15) is 0 Å². The Morgan fingerprint density at radius 1 is 1.18 bits per heavy atom. The number of halogens is 3. The van der Waals surface area contributed by atoms with Gasteiger partial charge in [0.2, 0.25) is 0 Å². The van der Waals surface area contributed by atoms with Gasteiger partial charge in [-0.05, 0) is 106 Å². The summed E-state index contributed by atoms with van der Waals surface area (Å²) in [6.45, 7) is 2.94. The molecule has 28 heavy (non-hydrogen) atoms. The molecule has 0 aliphatic carbocycles. The van der Waals surface area contributed by atoms with Crippen LogP contribution in [0.15, 0.2) is 42.1 Å². The number of nitrogens with zero attached hydrogens (tertiary/aromatic N) is 2. The van der Waals surface area contributed by atoms with Crippen LogP contribution in [0, 0.1) is 7.14 Å². The molecule has 0 saturated carbocycles. The van der Waals surface area contributed by atoms with Crippen LogP contribution in [-0.4, -0.2) is 34.4 Å². The van der Waals surface area contributed by atoms with Crippen LogP contribution < -0.4 is 4.74 Å². The Morgan fingerprint density at radius 2 is 1.79 bits per heavy atom. The molecule has 1 amide bonds. The zero-order valence-corrected chi connectivity index (χ0v) is 21.1. The number of thiocarbonyl (C=S) groups is 1. The van der Waals surface area contributed by atoms with Crippen molar-refractivity contribution in [2.24, 2.45) is 0 Å². The Bertz CT molecular complexity index is 940.